The van der Waals surface area contributed by atoms with Gasteiger partial charge in [-0.15, -0.1) is 0 Å². The number of carbonyl (C=O) groups is 2. The smallest absolute Gasteiger partial charge is 0.479 e. The van der Waals surface area contributed by atoms with Gasteiger partial charge in [0.1, 0.15) is 36.6 Å². The zero-order valence-electron chi connectivity index (χ0n) is 13.9. The summed E-state index contributed by atoms with van der Waals surface area (Å²) in [5, 5.41) is 104. The van der Waals surface area contributed by atoms with Crippen molar-refractivity contribution in [2.24, 2.45) is 0 Å². The number of aliphatic hydroxyl groups is 10. The van der Waals surface area contributed by atoms with Gasteiger partial charge in [0.05, 0.1) is 13.2 Å². The van der Waals surface area contributed by atoms with E-state index in [0.29, 0.717) is 0 Å². The summed E-state index contributed by atoms with van der Waals surface area (Å²) in [6.07, 6.45) is -15.7. The second-order valence-corrected chi connectivity index (χ2v) is 5.03. The Hall–Kier alpha value is -0.200. The van der Waals surface area contributed by atoms with E-state index < -0.39 is 74.0 Å². The Morgan fingerprint density at radius 1 is 0.556 bits per heavy atom. The summed E-state index contributed by atoms with van der Waals surface area (Å²) in [5.74, 6) is -3.45. The van der Waals surface area contributed by atoms with Crippen molar-refractivity contribution in [3.05, 3.63) is 0 Å². The van der Waals surface area contributed by atoms with Gasteiger partial charge in [-0.3, -0.25) is 0 Å². The van der Waals surface area contributed by atoms with Crippen LogP contribution in [0.1, 0.15) is 0 Å². The molecule has 0 fully saturated rings. The summed E-state index contributed by atoms with van der Waals surface area (Å²) in [6.45, 7) is -1.69. The van der Waals surface area contributed by atoms with Crippen LogP contribution >= 0.6 is 0 Å². The molecule has 27 heavy (non-hydrogen) atoms. The topological polar surface area (TPSA) is 277 Å². The largest absolute Gasteiger partial charge is 2.00 e. The van der Waals surface area contributed by atoms with Crippen LogP contribution in [0, 0.1) is 0 Å². The molecule has 0 amide bonds. The molecular weight excluding hydrogens is 408 g/mol. The third kappa shape index (κ3) is 11.4. The fourth-order valence-electron chi connectivity index (χ4n) is 1.34. The molecule has 15 heteroatoms. The minimum Gasteiger partial charge on any atom is -0.479 e. The molecule has 0 aliphatic rings. The van der Waals surface area contributed by atoms with Crippen molar-refractivity contribution in [2.45, 2.75) is 48.8 Å². The third-order valence-electron chi connectivity index (χ3n) is 3.02. The molecule has 8 atom stereocenters. The van der Waals surface area contributed by atoms with Gasteiger partial charge in [0.2, 0.25) is 0 Å². The first-order chi connectivity index (χ1) is 11.8. The Kier molecular flexibility index (Phi) is 18.3. The van der Waals surface area contributed by atoms with Gasteiger partial charge in [0.15, 0.2) is 12.2 Å². The van der Waals surface area contributed by atoms with Crippen LogP contribution in [-0.4, -0.2) is 173 Å². The van der Waals surface area contributed by atoms with E-state index in [1.807, 2.05) is 0 Å². The maximum Gasteiger partial charge on any atom is 2.00 e. The van der Waals surface area contributed by atoms with Crippen LogP contribution in [0.3, 0.4) is 0 Å². The van der Waals surface area contributed by atoms with Gasteiger partial charge in [-0.05, 0) is 0 Å². The van der Waals surface area contributed by atoms with Crippen LogP contribution in [0.25, 0.3) is 0 Å². The van der Waals surface area contributed by atoms with Gasteiger partial charge in [0.25, 0.3) is 0 Å². The molecule has 0 aromatic carbocycles. The van der Waals surface area contributed by atoms with Gasteiger partial charge in [-0.25, -0.2) is 9.59 Å². The monoisotopic (exact) mass is 432 g/mol. The summed E-state index contributed by atoms with van der Waals surface area (Å²) in [6, 6.07) is 0. The molecule has 0 radical (unpaired) electrons. The molecule has 0 aromatic rings. The maximum atomic E-state index is 10.1. The molecule has 0 unspecified atom stereocenters. The average molecular weight is 432 g/mol. The number of carboxylic acids is 2. The first-order valence-corrected chi connectivity index (χ1v) is 6.95. The van der Waals surface area contributed by atoms with Gasteiger partial charge in [-0.2, -0.15) is 0 Å². The van der Waals surface area contributed by atoms with Crippen LogP contribution in [0.2, 0.25) is 0 Å². The van der Waals surface area contributed by atoms with E-state index in [1.54, 1.807) is 0 Å². The molecule has 0 spiro atoms. The molecule has 0 saturated heterocycles. The molecule has 0 aromatic heterocycles. The molecule has 0 saturated carbocycles. The summed E-state index contributed by atoms with van der Waals surface area (Å²) in [5.41, 5.74) is 0. The van der Waals surface area contributed by atoms with Crippen molar-refractivity contribution >= 4 is 49.7 Å². The number of rotatable bonds is 10. The molecule has 0 heterocycles. The molecule has 14 nitrogen and oxygen atoms in total. The Labute approximate surface area is 182 Å². The average Bonchev–Trinajstić information content (AvgIpc) is 2.62. The van der Waals surface area contributed by atoms with Crippen LogP contribution in [0.15, 0.2) is 0 Å². The second-order valence-electron chi connectivity index (χ2n) is 5.03. The molecule has 0 rings (SSSR count). The summed E-state index contributed by atoms with van der Waals surface area (Å²) >= 11 is 0. The van der Waals surface area contributed by atoms with Crippen LogP contribution < -0.4 is 0 Å². The summed E-state index contributed by atoms with van der Waals surface area (Å²) in [7, 11) is 0. The van der Waals surface area contributed by atoms with Crippen molar-refractivity contribution < 1.29 is 70.9 Å². The van der Waals surface area contributed by atoms with E-state index in [0.717, 1.165) is 0 Å². The Morgan fingerprint density at radius 3 is 0.926 bits per heavy atom. The molecule has 12 N–H and O–H groups in total. The van der Waals surface area contributed by atoms with Crippen LogP contribution in [0.4, 0.5) is 0 Å². The third-order valence-corrected chi connectivity index (χ3v) is 3.02. The molecule has 0 aliphatic carbocycles. The number of hydrogen-bond acceptors (Lipinski definition) is 12. The quantitative estimate of drug-likeness (QED) is 0.143. The zero-order chi connectivity index (χ0) is 21.2. The number of aliphatic carboxylic acids is 2. The minimum atomic E-state index is -2.20. The fourth-order valence-corrected chi connectivity index (χ4v) is 1.34. The number of carboxylic acid groups (broad SMARTS) is 2. The number of aliphatic hydroxyl groups excluding tert-OH is 10. The second kappa shape index (κ2) is 15.7. The predicted octanol–water partition coefficient (Wildman–Crippen LogP) is -7.37. The maximum absolute atomic E-state index is 10.1. The van der Waals surface area contributed by atoms with E-state index in [4.69, 9.17) is 61.3 Å². The first-order valence-electron chi connectivity index (χ1n) is 6.95. The minimum absolute atomic E-state index is 0. The molecule has 156 valence electrons. The van der Waals surface area contributed by atoms with Crippen LogP contribution in [0.5, 0.6) is 0 Å². The van der Waals surface area contributed by atoms with E-state index >= 15 is 0 Å². The van der Waals surface area contributed by atoms with E-state index in [-0.39, 0.29) is 37.7 Å². The van der Waals surface area contributed by atoms with E-state index in [2.05, 4.69) is 0 Å². The van der Waals surface area contributed by atoms with Gasteiger partial charge < -0.3 is 61.3 Å². The molecular formula is C12H24CaO14+2. The van der Waals surface area contributed by atoms with E-state index in [9.17, 15) is 9.59 Å². The first kappa shape index (κ1) is 31.5. The van der Waals surface area contributed by atoms with Crippen molar-refractivity contribution in [1.29, 1.82) is 0 Å². The Morgan fingerprint density at radius 2 is 0.778 bits per heavy atom. The summed E-state index contributed by atoms with van der Waals surface area (Å²) in [4.78, 5) is 20.2. The molecule has 0 bridgehead atoms. The Balaban J connectivity index is -0.000000411. The zero-order valence-corrected chi connectivity index (χ0v) is 16.1. The van der Waals surface area contributed by atoms with Crippen molar-refractivity contribution in [3.63, 3.8) is 0 Å². The normalized spacial score (nSPS) is 19.6. The van der Waals surface area contributed by atoms with Crippen molar-refractivity contribution in [1.82, 2.24) is 0 Å². The summed E-state index contributed by atoms with van der Waals surface area (Å²) < 4.78 is 0. The standard InChI is InChI=1S/2C6H12O7.Ca/c2*7-1-2(8)3(9)4(10)5(11)6(12)13;/h2*2-5,7-11H,1H2,(H,12,13);/q;;+2/t2*2-,3-,4+,5-;/m11./s1. The SMILES string of the molecule is O=C(O)[C@H](O)[C@@H](O)[C@H](O)[C@H](O)CO.O=C(O)[C@H](O)[C@@H](O)[C@H](O)[C@H](O)CO.[Ca+2]. The fraction of sp³-hybridized carbons (Fsp3) is 0.833. The van der Waals surface area contributed by atoms with Crippen molar-refractivity contribution in [2.75, 3.05) is 13.2 Å². The Bertz CT molecular complexity index is 385. The van der Waals surface area contributed by atoms with Gasteiger partial charge in [0, 0.05) is 0 Å². The van der Waals surface area contributed by atoms with Crippen molar-refractivity contribution in [3.8, 4) is 0 Å². The van der Waals surface area contributed by atoms with Gasteiger partial charge in [-0.1, -0.05) is 0 Å². The van der Waals surface area contributed by atoms with Gasteiger partial charge >= 0.3 is 49.7 Å². The van der Waals surface area contributed by atoms with Crippen LogP contribution in [-0.2, 0) is 9.59 Å². The number of hydrogen-bond donors (Lipinski definition) is 12. The van der Waals surface area contributed by atoms with E-state index in [1.165, 1.54) is 0 Å². The molecule has 0 aliphatic heterocycles. The predicted molar refractivity (Wildman–Crippen MR) is 83.3 cm³/mol.